The highest BCUT2D eigenvalue weighted by Crippen LogP contribution is 2.33. The molecule has 0 radical (unpaired) electrons. The fourth-order valence-electron chi connectivity index (χ4n) is 3.39. The number of halogens is 3. The molecule has 0 bridgehead atoms. The summed E-state index contributed by atoms with van der Waals surface area (Å²) in [5.41, 5.74) is 1.04. The molecule has 0 aliphatic heterocycles. The smallest absolute Gasteiger partial charge is 0.416 e. The van der Waals surface area contributed by atoms with Crippen molar-refractivity contribution in [3.05, 3.63) is 76.6 Å². The zero-order valence-electron chi connectivity index (χ0n) is 19.0. The van der Waals surface area contributed by atoms with Crippen LogP contribution >= 0.6 is 0 Å². The number of alkyl halides is 3. The summed E-state index contributed by atoms with van der Waals surface area (Å²) in [4.78, 5) is 24.3. The largest absolute Gasteiger partial charge is 0.494 e. The van der Waals surface area contributed by atoms with Crippen molar-refractivity contribution < 1.29 is 27.5 Å². The minimum absolute atomic E-state index is 0.0935. The van der Waals surface area contributed by atoms with Gasteiger partial charge in [-0.3, -0.25) is 9.59 Å². The standard InChI is InChI=1S/C24H25F3N4O3/c1-4-34-20-9-6-17(7-10-20)23(33)29-14-22(32)28-13-18-5-8-19(12-21(18)24(25,26)27)31-16(3)11-15(2)30-31/h5-12H,4,13-14H2,1-3H3,(H,28,32)(H,29,33). The van der Waals surface area contributed by atoms with E-state index in [1.165, 1.54) is 16.8 Å². The Kier molecular flexibility index (Phi) is 7.60. The summed E-state index contributed by atoms with van der Waals surface area (Å²) in [6, 6.07) is 12.0. The molecule has 10 heteroatoms. The van der Waals surface area contributed by atoms with Crippen molar-refractivity contribution in [1.29, 1.82) is 0 Å². The third kappa shape index (κ3) is 6.15. The highest BCUT2D eigenvalue weighted by Gasteiger charge is 2.34. The molecule has 0 spiro atoms. The van der Waals surface area contributed by atoms with Crippen LogP contribution in [0.25, 0.3) is 5.69 Å². The van der Waals surface area contributed by atoms with Gasteiger partial charge in [-0.25, -0.2) is 4.68 Å². The molecule has 1 aromatic heterocycles. The minimum atomic E-state index is -4.62. The predicted octanol–water partition coefficient (Wildman–Crippen LogP) is 3.95. The average Bonchev–Trinajstić information content (AvgIpc) is 3.13. The van der Waals surface area contributed by atoms with Crippen LogP contribution in [0.2, 0.25) is 0 Å². The Morgan fingerprint density at radius 2 is 1.74 bits per heavy atom. The van der Waals surface area contributed by atoms with Gasteiger partial charge in [0.25, 0.3) is 5.91 Å². The number of hydrogen-bond acceptors (Lipinski definition) is 4. The normalized spacial score (nSPS) is 11.2. The maximum atomic E-state index is 13.7. The van der Waals surface area contributed by atoms with Crippen LogP contribution in [0.4, 0.5) is 13.2 Å². The summed E-state index contributed by atoms with van der Waals surface area (Å²) in [6.07, 6.45) is -4.62. The maximum absolute atomic E-state index is 13.7. The van der Waals surface area contributed by atoms with E-state index >= 15 is 0 Å². The number of carbonyl (C=O) groups is 2. The number of benzene rings is 2. The Morgan fingerprint density at radius 3 is 2.32 bits per heavy atom. The van der Waals surface area contributed by atoms with E-state index in [4.69, 9.17) is 4.74 Å². The molecule has 1 heterocycles. The fraction of sp³-hybridized carbons (Fsp3) is 0.292. The van der Waals surface area contributed by atoms with E-state index in [-0.39, 0.29) is 24.3 Å². The van der Waals surface area contributed by atoms with Crippen molar-refractivity contribution in [3.8, 4) is 11.4 Å². The lowest BCUT2D eigenvalue weighted by atomic mass is 10.1. The number of ether oxygens (including phenoxy) is 1. The zero-order chi connectivity index (χ0) is 24.9. The second kappa shape index (κ2) is 10.4. The van der Waals surface area contributed by atoms with Gasteiger partial charge in [-0.2, -0.15) is 18.3 Å². The molecule has 0 unspecified atom stereocenters. The van der Waals surface area contributed by atoms with Gasteiger partial charge >= 0.3 is 6.18 Å². The number of carbonyl (C=O) groups excluding carboxylic acids is 2. The first-order chi connectivity index (χ1) is 16.1. The Hall–Kier alpha value is -3.82. The maximum Gasteiger partial charge on any atom is 0.416 e. The topological polar surface area (TPSA) is 85.2 Å². The predicted molar refractivity (Wildman–Crippen MR) is 120 cm³/mol. The van der Waals surface area contributed by atoms with Gasteiger partial charge in [-0.1, -0.05) is 6.07 Å². The van der Waals surface area contributed by atoms with Gasteiger partial charge in [0.15, 0.2) is 0 Å². The van der Waals surface area contributed by atoms with Crippen LogP contribution in [0.5, 0.6) is 5.75 Å². The van der Waals surface area contributed by atoms with Gasteiger partial charge in [0, 0.05) is 17.8 Å². The first kappa shape index (κ1) is 24.8. The SMILES string of the molecule is CCOc1ccc(C(=O)NCC(=O)NCc2ccc(-n3nc(C)cc3C)cc2C(F)(F)F)cc1. The third-order valence-electron chi connectivity index (χ3n) is 4.97. The fourth-order valence-corrected chi connectivity index (χ4v) is 3.39. The summed E-state index contributed by atoms with van der Waals surface area (Å²) in [6.45, 7) is 5.12. The number of nitrogens with one attached hydrogen (secondary N) is 2. The summed E-state index contributed by atoms with van der Waals surface area (Å²) in [5, 5.41) is 9.09. The second-order valence-electron chi connectivity index (χ2n) is 7.59. The van der Waals surface area contributed by atoms with Crippen LogP contribution in [0, 0.1) is 13.8 Å². The van der Waals surface area contributed by atoms with E-state index in [1.807, 2.05) is 6.92 Å². The Morgan fingerprint density at radius 1 is 1.03 bits per heavy atom. The lowest BCUT2D eigenvalue weighted by Gasteiger charge is -2.16. The molecule has 2 amide bonds. The molecule has 0 aliphatic rings. The van der Waals surface area contributed by atoms with E-state index in [0.29, 0.717) is 29.3 Å². The molecule has 180 valence electrons. The molecule has 3 aromatic rings. The van der Waals surface area contributed by atoms with Gasteiger partial charge in [0.1, 0.15) is 5.75 Å². The molecule has 0 fully saturated rings. The van der Waals surface area contributed by atoms with Crippen LogP contribution in [-0.4, -0.2) is 34.7 Å². The Labute approximate surface area is 194 Å². The average molecular weight is 474 g/mol. The molecular weight excluding hydrogens is 449 g/mol. The third-order valence-corrected chi connectivity index (χ3v) is 4.97. The van der Waals surface area contributed by atoms with Gasteiger partial charge < -0.3 is 15.4 Å². The summed E-state index contributed by atoms with van der Waals surface area (Å²) < 4.78 is 47.8. The zero-order valence-corrected chi connectivity index (χ0v) is 19.0. The highest BCUT2D eigenvalue weighted by atomic mass is 19.4. The lowest BCUT2D eigenvalue weighted by Crippen LogP contribution is -2.36. The number of aromatic nitrogens is 2. The van der Waals surface area contributed by atoms with Crippen molar-refractivity contribution in [1.82, 2.24) is 20.4 Å². The van der Waals surface area contributed by atoms with E-state index < -0.39 is 23.6 Å². The lowest BCUT2D eigenvalue weighted by molar-refractivity contribution is -0.138. The van der Waals surface area contributed by atoms with Crippen molar-refractivity contribution in [2.24, 2.45) is 0 Å². The van der Waals surface area contributed by atoms with Crippen molar-refractivity contribution >= 4 is 11.8 Å². The van der Waals surface area contributed by atoms with E-state index in [0.717, 1.165) is 6.07 Å². The molecule has 2 N–H and O–H groups in total. The number of rotatable bonds is 8. The molecule has 2 aromatic carbocycles. The first-order valence-corrected chi connectivity index (χ1v) is 10.6. The van der Waals surface area contributed by atoms with Crippen LogP contribution in [-0.2, 0) is 17.5 Å². The van der Waals surface area contributed by atoms with Gasteiger partial charge in [0.2, 0.25) is 5.91 Å². The van der Waals surface area contributed by atoms with Gasteiger partial charge in [0.05, 0.1) is 30.1 Å². The number of hydrogen-bond donors (Lipinski definition) is 2. The van der Waals surface area contributed by atoms with Gasteiger partial charge in [-0.15, -0.1) is 0 Å². The Bertz CT molecular complexity index is 1170. The van der Waals surface area contributed by atoms with Crippen molar-refractivity contribution in [2.75, 3.05) is 13.2 Å². The number of nitrogens with zero attached hydrogens (tertiary/aromatic N) is 2. The number of aryl methyl sites for hydroxylation is 2. The Balaban J connectivity index is 1.63. The summed E-state index contributed by atoms with van der Waals surface area (Å²) >= 11 is 0. The monoisotopic (exact) mass is 474 g/mol. The van der Waals surface area contributed by atoms with E-state index in [2.05, 4.69) is 15.7 Å². The molecule has 0 atom stereocenters. The minimum Gasteiger partial charge on any atom is -0.494 e. The molecule has 34 heavy (non-hydrogen) atoms. The molecule has 0 aliphatic carbocycles. The van der Waals surface area contributed by atoms with Crippen LogP contribution in [0.15, 0.2) is 48.5 Å². The van der Waals surface area contributed by atoms with Crippen LogP contribution in [0.1, 0.15) is 39.8 Å². The number of amides is 2. The molecule has 0 saturated heterocycles. The first-order valence-electron chi connectivity index (χ1n) is 10.6. The van der Waals surface area contributed by atoms with E-state index in [1.54, 1.807) is 44.2 Å². The quantitative estimate of drug-likeness (QED) is 0.518. The highest BCUT2D eigenvalue weighted by molar-refractivity contribution is 5.96. The molecule has 0 saturated carbocycles. The second-order valence-corrected chi connectivity index (χ2v) is 7.59. The van der Waals surface area contributed by atoms with Crippen molar-refractivity contribution in [3.63, 3.8) is 0 Å². The summed E-state index contributed by atoms with van der Waals surface area (Å²) in [7, 11) is 0. The molecule has 3 rings (SSSR count). The summed E-state index contributed by atoms with van der Waals surface area (Å²) in [5.74, 6) is -0.486. The van der Waals surface area contributed by atoms with Crippen molar-refractivity contribution in [2.45, 2.75) is 33.5 Å². The molecular formula is C24H25F3N4O3. The van der Waals surface area contributed by atoms with Crippen LogP contribution in [0.3, 0.4) is 0 Å². The van der Waals surface area contributed by atoms with Crippen LogP contribution < -0.4 is 15.4 Å². The molecule has 7 nitrogen and oxygen atoms in total. The van der Waals surface area contributed by atoms with E-state index in [9.17, 15) is 22.8 Å². The van der Waals surface area contributed by atoms with Gasteiger partial charge in [-0.05, 0) is 68.8 Å².